The van der Waals surface area contributed by atoms with Gasteiger partial charge in [-0.05, 0) is 18.2 Å². The largest absolute Gasteiger partial charge is 0.465 e. The number of methoxy groups -OCH3 is 2. The Hall–Kier alpha value is -2.68. The molecule has 1 amide bonds. The number of anilines is 1. The van der Waals surface area contributed by atoms with Gasteiger partial charge in [0.1, 0.15) is 5.75 Å². The maximum absolute atomic E-state index is 11.8. The molecule has 0 spiro atoms. The van der Waals surface area contributed by atoms with Crippen LogP contribution in [0.4, 0.5) is 5.69 Å². The van der Waals surface area contributed by atoms with E-state index >= 15 is 0 Å². The van der Waals surface area contributed by atoms with Gasteiger partial charge in [0, 0.05) is 5.69 Å². The molecule has 24 heavy (non-hydrogen) atoms. The lowest BCUT2D eigenvalue weighted by molar-refractivity contribution is -0.113. The highest BCUT2D eigenvalue weighted by molar-refractivity contribution is 7.92. The van der Waals surface area contributed by atoms with Gasteiger partial charge in [-0.25, -0.2) is 18.0 Å². The molecule has 0 radical (unpaired) electrons. The number of ether oxygens (including phenoxy) is 2. The number of sulfone groups is 1. The van der Waals surface area contributed by atoms with Gasteiger partial charge >= 0.3 is 11.9 Å². The fourth-order valence-electron chi connectivity index (χ4n) is 1.81. The van der Waals surface area contributed by atoms with E-state index in [0.717, 1.165) is 14.2 Å². The predicted molar refractivity (Wildman–Crippen MR) is 86.6 cm³/mol. The van der Waals surface area contributed by atoms with Crippen molar-refractivity contribution in [3.8, 4) is 0 Å². The molecule has 0 aliphatic heterocycles. The number of esters is 2. The first kappa shape index (κ1) is 19.4. The normalized spacial score (nSPS) is 10.6. The van der Waals surface area contributed by atoms with Crippen molar-refractivity contribution in [3.05, 3.63) is 42.0 Å². The molecule has 1 rings (SSSR count). The van der Waals surface area contributed by atoms with Gasteiger partial charge in [-0.1, -0.05) is 6.08 Å². The van der Waals surface area contributed by atoms with Gasteiger partial charge in [-0.15, -0.1) is 6.58 Å². The maximum Gasteiger partial charge on any atom is 0.337 e. The Morgan fingerprint density at radius 2 is 1.58 bits per heavy atom. The standard InChI is InChI=1S/C15H17NO7S/c1-4-5-24(20,21)9-13(17)16-12-7-10(14(18)22-2)6-11(8-12)15(19)23-3/h4,6-8H,1,5,9H2,2-3H3,(H,16,17). The highest BCUT2D eigenvalue weighted by Gasteiger charge is 2.18. The third-order valence-electron chi connectivity index (χ3n) is 2.78. The van der Waals surface area contributed by atoms with Gasteiger partial charge in [0.05, 0.1) is 31.1 Å². The van der Waals surface area contributed by atoms with Crippen molar-refractivity contribution in [1.29, 1.82) is 0 Å². The van der Waals surface area contributed by atoms with E-state index in [9.17, 15) is 22.8 Å². The van der Waals surface area contributed by atoms with Crippen LogP contribution in [0.3, 0.4) is 0 Å². The van der Waals surface area contributed by atoms with Crippen LogP contribution in [0, 0.1) is 0 Å². The highest BCUT2D eigenvalue weighted by atomic mass is 32.2. The van der Waals surface area contributed by atoms with Crippen LogP contribution < -0.4 is 5.32 Å². The fraction of sp³-hybridized carbons (Fsp3) is 0.267. The zero-order valence-electron chi connectivity index (χ0n) is 13.2. The van der Waals surface area contributed by atoms with Gasteiger partial charge in [-0.2, -0.15) is 0 Å². The number of hydrogen-bond donors (Lipinski definition) is 1. The Morgan fingerprint density at radius 3 is 2.00 bits per heavy atom. The molecule has 1 aromatic rings. The summed E-state index contributed by atoms with van der Waals surface area (Å²) in [5, 5.41) is 2.33. The summed E-state index contributed by atoms with van der Waals surface area (Å²) in [4.78, 5) is 35.1. The summed E-state index contributed by atoms with van der Waals surface area (Å²) in [5.41, 5.74) is 0.0754. The number of carbonyl (C=O) groups excluding carboxylic acids is 3. The quantitative estimate of drug-likeness (QED) is 0.568. The van der Waals surface area contributed by atoms with Crippen molar-refractivity contribution in [2.75, 3.05) is 31.0 Å². The molecule has 130 valence electrons. The van der Waals surface area contributed by atoms with Crippen LogP contribution in [-0.4, -0.2) is 52.0 Å². The van der Waals surface area contributed by atoms with Crippen LogP contribution in [0.5, 0.6) is 0 Å². The second-order valence-electron chi connectivity index (χ2n) is 4.67. The molecule has 8 nitrogen and oxygen atoms in total. The summed E-state index contributed by atoms with van der Waals surface area (Å²) >= 11 is 0. The Balaban J connectivity index is 3.09. The van der Waals surface area contributed by atoms with Crippen LogP contribution >= 0.6 is 0 Å². The van der Waals surface area contributed by atoms with Crippen LogP contribution in [0.2, 0.25) is 0 Å². The molecule has 0 aliphatic carbocycles. The van der Waals surface area contributed by atoms with Gasteiger partial charge < -0.3 is 14.8 Å². The molecule has 1 aromatic carbocycles. The average Bonchev–Trinajstić information content (AvgIpc) is 2.51. The van der Waals surface area contributed by atoms with Crippen molar-refractivity contribution < 1.29 is 32.3 Å². The molecular formula is C15H17NO7S. The van der Waals surface area contributed by atoms with Crippen molar-refractivity contribution in [2.24, 2.45) is 0 Å². The van der Waals surface area contributed by atoms with E-state index in [-0.39, 0.29) is 22.6 Å². The molecule has 0 saturated carbocycles. The minimum absolute atomic E-state index is 0.00430. The maximum atomic E-state index is 11.8. The van der Waals surface area contributed by atoms with Crippen LogP contribution in [0.15, 0.2) is 30.9 Å². The van der Waals surface area contributed by atoms with Crippen LogP contribution in [0.1, 0.15) is 20.7 Å². The van der Waals surface area contributed by atoms with E-state index in [1.165, 1.54) is 24.3 Å². The van der Waals surface area contributed by atoms with E-state index in [4.69, 9.17) is 0 Å². The molecule has 0 atom stereocenters. The van der Waals surface area contributed by atoms with E-state index in [0.29, 0.717) is 0 Å². The van der Waals surface area contributed by atoms with E-state index in [1.54, 1.807) is 0 Å². The second-order valence-corrected chi connectivity index (χ2v) is 6.78. The first-order valence-electron chi connectivity index (χ1n) is 6.65. The molecule has 0 saturated heterocycles. The minimum Gasteiger partial charge on any atom is -0.465 e. The van der Waals surface area contributed by atoms with Crippen molar-refractivity contribution >= 4 is 33.4 Å². The number of hydrogen-bond acceptors (Lipinski definition) is 7. The van der Waals surface area contributed by atoms with Gasteiger partial charge in [0.15, 0.2) is 9.84 Å². The Labute approximate surface area is 139 Å². The van der Waals surface area contributed by atoms with E-state index in [1.807, 2.05) is 0 Å². The molecular weight excluding hydrogens is 338 g/mol. The number of amides is 1. The van der Waals surface area contributed by atoms with Crippen LogP contribution in [-0.2, 0) is 24.1 Å². The van der Waals surface area contributed by atoms with Crippen molar-refractivity contribution in [3.63, 3.8) is 0 Å². The van der Waals surface area contributed by atoms with E-state index < -0.39 is 33.4 Å². The topological polar surface area (TPSA) is 116 Å². The average molecular weight is 355 g/mol. The SMILES string of the molecule is C=CCS(=O)(=O)CC(=O)Nc1cc(C(=O)OC)cc(C(=O)OC)c1. The highest BCUT2D eigenvalue weighted by Crippen LogP contribution is 2.17. The third-order valence-corrected chi connectivity index (χ3v) is 4.23. The molecule has 0 unspecified atom stereocenters. The molecule has 0 aliphatic rings. The number of nitrogens with one attached hydrogen (secondary N) is 1. The Morgan fingerprint density at radius 1 is 1.08 bits per heavy atom. The predicted octanol–water partition coefficient (Wildman–Crippen LogP) is 0.799. The number of carbonyl (C=O) groups is 3. The minimum atomic E-state index is -3.63. The van der Waals surface area contributed by atoms with Gasteiger partial charge in [0.25, 0.3) is 0 Å². The van der Waals surface area contributed by atoms with Crippen molar-refractivity contribution in [2.45, 2.75) is 0 Å². The van der Waals surface area contributed by atoms with Crippen LogP contribution in [0.25, 0.3) is 0 Å². The Bertz CT molecular complexity index is 734. The van der Waals surface area contributed by atoms with Crippen molar-refractivity contribution in [1.82, 2.24) is 0 Å². The lowest BCUT2D eigenvalue weighted by Gasteiger charge is -2.09. The zero-order chi connectivity index (χ0) is 18.3. The number of benzene rings is 1. The summed E-state index contributed by atoms with van der Waals surface area (Å²) in [6.45, 7) is 3.30. The van der Waals surface area contributed by atoms with E-state index in [2.05, 4.69) is 21.4 Å². The summed E-state index contributed by atoms with van der Waals surface area (Å²) in [5.74, 6) is -3.36. The molecule has 1 N–H and O–H groups in total. The molecule has 0 fully saturated rings. The summed E-state index contributed by atoms with van der Waals surface area (Å²) < 4.78 is 32.3. The lowest BCUT2D eigenvalue weighted by atomic mass is 10.1. The summed E-state index contributed by atoms with van der Waals surface area (Å²) in [6.07, 6.45) is 1.18. The summed E-state index contributed by atoms with van der Waals surface area (Å²) in [6, 6.07) is 3.76. The molecule has 0 aromatic heterocycles. The second kappa shape index (κ2) is 8.25. The first-order chi connectivity index (χ1) is 11.2. The molecule has 0 heterocycles. The van der Waals surface area contributed by atoms with Gasteiger partial charge in [-0.3, -0.25) is 4.79 Å². The third kappa shape index (κ3) is 5.51. The molecule has 9 heteroatoms. The monoisotopic (exact) mass is 355 g/mol. The lowest BCUT2D eigenvalue weighted by Crippen LogP contribution is -2.24. The first-order valence-corrected chi connectivity index (χ1v) is 8.47. The smallest absolute Gasteiger partial charge is 0.337 e. The molecule has 0 bridgehead atoms. The Kier molecular flexibility index (Phi) is 6.66. The summed E-state index contributed by atoms with van der Waals surface area (Å²) in [7, 11) is -1.31. The fourth-order valence-corrected chi connectivity index (χ4v) is 2.76. The number of rotatable bonds is 7. The zero-order valence-corrected chi connectivity index (χ0v) is 14.0. The van der Waals surface area contributed by atoms with Gasteiger partial charge in [0.2, 0.25) is 5.91 Å².